The van der Waals surface area contributed by atoms with Crippen LogP contribution >= 0.6 is 11.6 Å². The number of carbonyl (C=O) groups excluding carboxylic acids is 1. The molecule has 3 aromatic rings. The van der Waals surface area contributed by atoms with Gasteiger partial charge in [0.25, 0.3) is 0 Å². The van der Waals surface area contributed by atoms with E-state index in [1.165, 1.54) is 0 Å². The van der Waals surface area contributed by atoms with E-state index in [-0.39, 0.29) is 11.3 Å². The summed E-state index contributed by atoms with van der Waals surface area (Å²) in [7, 11) is 1.93. The molecule has 2 fully saturated rings. The van der Waals surface area contributed by atoms with Crippen LogP contribution in [0.5, 0.6) is 0 Å². The summed E-state index contributed by atoms with van der Waals surface area (Å²) in [6, 6.07) is 6.22. The third-order valence-electron chi connectivity index (χ3n) is 6.49. The molecule has 0 unspecified atom stereocenters. The molecular weight excluding hydrogens is 388 g/mol. The number of nitrogens with one attached hydrogen (secondary N) is 1. The molecule has 2 saturated heterocycles. The Morgan fingerprint density at radius 1 is 1.21 bits per heavy atom. The quantitative estimate of drug-likeness (QED) is 0.678. The Kier molecular flexibility index (Phi) is 4.17. The summed E-state index contributed by atoms with van der Waals surface area (Å²) in [4.78, 5) is 18.9. The van der Waals surface area contributed by atoms with Crippen LogP contribution in [-0.2, 0) is 11.8 Å². The first-order chi connectivity index (χ1) is 14.0. The largest absolute Gasteiger partial charge is 0.382 e. The number of anilines is 2. The molecule has 7 nitrogen and oxygen atoms in total. The van der Waals surface area contributed by atoms with Gasteiger partial charge in [-0.25, -0.2) is 4.98 Å². The van der Waals surface area contributed by atoms with Crippen LogP contribution in [-0.4, -0.2) is 40.3 Å². The third kappa shape index (κ3) is 2.83. The van der Waals surface area contributed by atoms with E-state index in [4.69, 9.17) is 17.3 Å². The molecule has 0 atom stereocenters. The third-order valence-corrected chi connectivity index (χ3v) is 6.86. The van der Waals surface area contributed by atoms with Crippen molar-refractivity contribution in [2.24, 2.45) is 12.5 Å². The molecule has 4 heterocycles. The number of piperidine rings is 1. The van der Waals surface area contributed by atoms with Crippen molar-refractivity contribution >= 4 is 39.9 Å². The number of carbonyl (C=O) groups is 1. The van der Waals surface area contributed by atoms with Crippen molar-refractivity contribution in [2.75, 3.05) is 30.3 Å². The zero-order valence-corrected chi connectivity index (χ0v) is 17.0. The molecule has 2 aliphatic heterocycles. The molecular formula is C21H23ClN6O. The number of aromatic nitrogens is 3. The molecule has 29 heavy (non-hydrogen) atoms. The van der Waals surface area contributed by atoms with E-state index in [0.29, 0.717) is 10.8 Å². The fraction of sp³-hybridized carbons (Fsp3) is 0.381. The second-order valence-electron chi connectivity index (χ2n) is 8.03. The second kappa shape index (κ2) is 6.62. The first-order valence-corrected chi connectivity index (χ1v) is 10.3. The van der Waals surface area contributed by atoms with Crippen molar-refractivity contribution < 1.29 is 4.79 Å². The molecule has 0 bridgehead atoms. The van der Waals surface area contributed by atoms with Crippen molar-refractivity contribution in [3.8, 4) is 11.1 Å². The Labute approximate surface area is 173 Å². The first kappa shape index (κ1) is 18.2. The average molecular weight is 411 g/mol. The lowest BCUT2D eigenvalue weighted by Crippen LogP contribution is -2.44. The zero-order valence-electron chi connectivity index (χ0n) is 16.3. The van der Waals surface area contributed by atoms with Crippen LogP contribution in [0.3, 0.4) is 0 Å². The van der Waals surface area contributed by atoms with E-state index in [1.807, 2.05) is 17.9 Å². The number of benzene rings is 1. The molecule has 1 aromatic carbocycles. The van der Waals surface area contributed by atoms with Gasteiger partial charge < -0.3 is 16.0 Å². The van der Waals surface area contributed by atoms with Crippen LogP contribution in [0.15, 0.2) is 30.6 Å². The number of halogens is 1. The fourth-order valence-corrected chi connectivity index (χ4v) is 4.95. The fourth-order valence-electron chi connectivity index (χ4n) is 4.68. The highest BCUT2D eigenvalue weighted by molar-refractivity contribution is 6.36. The Balaban J connectivity index is 1.55. The highest BCUT2D eigenvalue weighted by Gasteiger charge is 2.44. The van der Waals surface area contributed by atoms with Gasteiger partial charge in [0.15, 0.2) is 0 Å². The van der Waals surface area contributed by atoms with Gasteiger partial charge in [-0.15, -0.1) is 0 Å². The summed E-state index contributed by atoms with van der Waals surface area (Å²) >= 11 is 6.66. The average Bonchev–Trinajstić information content (AvgIpc) is 3.27. The van der Waals surface area contributed by atoms with E-state index < -0.39 is 0 Å². The van der Waals surface area contributed by atoms with E-state index in [1.54, 1.807) is 6.20 Å². The standard InChI is InChI=1S/C21H23ClN6O/c1-27-16-10-13(2-3-14(16)11-26-27)15-12-25-19(23)17(22)18(15)28-8-5-21(6-9-28)4-7-24-20(21)29/h2-3,10-12H,4-9H2,1H3,(H2,23,25)(H,24,29). The van der Waals surface area contributed by atoms with Crippen molar-refractivity contribution in [2.45, 2.75) is 19.3 Å². The van der Waals surface area contributed by atoms with Gasteiger partial charge in [0.05, 0.1) is 22.8 Å². The van der Waals surface area contributed by atoms with Gasteiger partial charge in [-0.2, -0.15) is 5.10 Å². The normalized spacial score (nSPS) is 18.6. The van der Waals surface area contributed by atoms with E-state index in [2.05, 4.69) is 38.5 Å². The van der Waals surface area contributed by atoms with Crippen LogP contribution < -0.4 is 16.0 Å². The molecule has 0 saturated carbocycles. The predicted molar refractivity (Wildman–Crippen MR) is 115 cm³/mol. The Morgan fingerprint density at radius 2 is 2.00 bits per heavy atom. The molecule has 2 aliphatic rings. The number of amides is 1. The Bertz CT molecular complexity index is 1120. The van der Waals surface area contributed by atoms with Gasteiger partial charge in [-0.1, -0.05) is 23.7 Å². The molecule has 0 radical (unpaired) electrons. The van der Waals surface area contributed by atoms with Gasteiger partial charge in [-0.05, 0) is 30.9 Å². The molecule has 1 spiro atoms. The number of fused-ring (bicyclic) bond motifs is 1. The molecule has 0 aliphatic carbocycles. The minimum atomic E-state index is -0.227. The number of nitrogen functional groups attached to an aromatic ring is 1. The lowest BCUT2D eigenvalue weighted by atomic mass is 9.77. The predicted octanol–water partition coefficient (Wildman–Crippen LogP) is 2.98. The summed E-state index contributed by atoms with van der Waals surface area (Å²) < 4.78 is 1.86. The number of hydrogen-bond donors (Lipinski definition) is 2. The van der Waals surface area contributed by atoms with Gasteiger partial charge in [0.1, 0.15) is 10.8 Å². The number of nitrogens with zero attached hydrogens (tertiary/aromatic N) is 4. The minimum absolute atomic E-state index is 0.194. The number of rotatable bonds is 2. The first-order valence-electron chi connectivity index (χ1n) is 9.88. The minimum Gasteiger partial charge on any atom is -0.382 e. The Morgan fingerprint density at radius 3 is 2.72 bits per heavy atom. The molecule has 150 valence electrons. The van der Waals surface area contributed by atoms with E-state index in [9.17, 15) is 4.79 Å². The number of pyridine rings is 1. The van der Waals surface area contributed by atoms with Crippen molar-refractivity contribution in [3.63, 3.8) is 0 Å². The van der Waals surface area contributed by atoms with Crippen LogP contribution in [0, 0.1) is 5.41 Å². The van der Waals surface area contributed by atoms with Crippen LogP contribution in [0.2, 0.25) is 5.02 Å². The maximum Gasteiger partial charge on any atom is 0.226 e. The van der Waals surface area contributed by atoms with Crippen molar-refractivity contribution in [1.82, 2.24) is 20.1 Å². The molecule has 2 aromatic heterocycles. The van der Waals surface area contributed by atoms with Crippen molar-refractivity contribution in [1.29, 1.82) is 0 Å². The summed E-state index contributed by atoms with van der Waals surface area (Å²) in [5, 5.41) is 8.87. The highest BCUT2D eigenvalue weighted by atomic mass is 35.5. The lowest BCUT2D eigenvalue weighted by molar-refractivity contribution is -0.128. The van der Waals surface area contributed by atoms with E-state index >= 15 is 0 Å². The smallest absolute Gasteiger partial charge is 0.226 e. The monoisotopic (exact) mass is 410 g/mol. The lowest BCUT2D eigenvalue weighted by Gasteiger charge is -2.39. The molecule has 1 amide bonds. The topological polar surface area (TPSA) is 89.1 Å². The number of hydrogen-bond acceptors (Lipinski definition) is 5. The van der Waals surface area contributed by atoms with Gasteiger partial charge in [0.2, 0.25) is 5.91 Å². The van der Waals surface area contributed by atoms with Crippen LogP contribution in [0.25, 0.3) is 22.0 Å². The zero-order chi connectivity index (χ0) is 20.2. The van der Waals surface area contributed by atoms with E-state index in [0.717, 1.165) is 66.6 Å². The van der Waals surface area contributed by atoms with Crippen LogP contribution in [0.1, 0.15) is 19.3 Å². The number of nitrogens with two attached hydrogens (primary N) is 1. The SMILES string of the molecule is Cn1ncc2ccc(-c3cnc(N)c(Cl)c3N3CCC4(CCNC4=O)CC3)cc21. The summed E-state index contributed by atoms with van der Waals surface area (Å²) in [5.41, 5.74) is 9.74. The highest BCUT2D eigenvalue weighted by Crippen LogP contribution is 2.44. The maximum atomic E-state index is 12.3. The van der Waals surface area contributed by atoms with Gasteiger partial charge >= 0.3 is 0 Å². The maximum absolute atomic E-state index is 12.3. The Hall–Kier alpha value is -2.80. The van der Waals surface area contributed by atoms with Crippen molar-refractivity contribution in [3.05, 3.63) is 35.6 Å². The number of aryl methyl sites for hydroxylation is 1. The second-order valence-corrected chi connectivity index (χ2v) is 8.41. The van der Waals surface area contributed by atoms with Gasteiger partial charge in [0, 0.05) is 43.8 Å². The summed E-state index contributed by atoms with van der Waals surface area (Å²) in [6.07, 6.45) is 6.19. The molecule has 8 heteroatoms. The summed E-state index contributed by atoms with van der Waals surface area (Å²) in [6.45, 7) is 2.30. The van der Waals surface area contributed by atoms with Gasteiger partial charge in [-0.3, -0.25) is 9.48 Å². The van der Waals surface area contributed by atoms with Crippen LogP contribution in [0.4, 0.5) is 11.5 Å². The molecule has 3 N–H and O–H groups in total. The summed E-state index contributed by atoms with van der Waals surface area (Å²) in [5.74, 6) is 0.519. The molecule has 5 rings (SSSR count).